The lowest BCUT2D eigenvalue weighted by atomic mass is 9.87. The molecule has 0 bridgehead atoms. The molecule has 0 radical (unpaired) electrons. The van der Waals surface area contributed by atoms with E-state index in [-0.39, 0.29) is 5.91 Å². The van der Waals surface area contributed by atoms with Crippen LogP contribution in [0.25, 0.3) is 0 Å². The molecular formula is C14H16ClN3O. The zero-order chi connectivity index (χ0) is 13.5. The Hall–Kier alpha value is -1.55. The second kappa shape index (κ2) is 4.53. The average molecular weight is 278 g/mol. The van der Waals surface area contributed by atoms with E-state index in [0.717, 1.165) is 18.4 Å². The van der Waals surface area contributed by atoms with Crippen LogP contribution in [-0.4, -0.2) is 17.9 Å². The molecular weight excluding hydrogens is 262 g/mol. The number of nitrogens with zero attached hydrogens (tertiary/aromatic N) is 1. The van der Waals surface area contributed by atoms with E-state index in [2.05, 4.69) is 15.6 Å². The van der Waals surface area contributed by atoms with Crippen LogP contribution in [0.5, 0.6) is 0 Å². The summed E-state index contributed by atoms with van der Waals surface area (Å²) in [6, 6.07) is 7.76. The summed E-state index contributed by atoms with van der Waals surface area (Å²) in [5.74, 6) is 0.557. The van der Waals surface area contributed by atoms with Gasteiger partial charge < -0.3 is 5.32 Å². The topological polar surface area (TPSA) is 53.5 Å². The van der Waals surface area contributed by atoms with Gasteiger partial charge in [0.05, 0.1) is 6.04 Å². The number of aliphatic imine (C=N–C) groups is 1. The Balaban J connectivity index is 1.94. The van der Waals surface area contributed by atoms with Crippen LogP contribution in [0, 0.1) is 0 Å². The SMILES string of the molecule is CCC1(c2ccc(Cl)cc2)NC(=NC2CC2)NC1=O. The minimum atomic E-state index is -0.724. The maximum atomic E-state index is 12.3. The number of hydrogen-bond acceptors (Lipinski definition) is 2. The monoisotopic (exact) mass is 277 g/mol. The second-order valence-electron chi connectivity index (χ2n) is 5.05. The zero-order valence-corrected chi connectivity index (χ0v) is 11.5. The van der Waals surface area contributed by atoms with Gasteiger partial charge in [0.1, 0.15) is 5.54 Å². The van der Waals surface area contributed by atoms with Crippen molar-refractivity contribution in [2.45, 2.75) is 37.8 Å². The lowest BCUT2D eigenvalue weighted by Gasteiger charge is -2.25. The fraction of sp³-hybridized carbons (Fsp3) is 0.429. The predicted octanol–water partition coefficient (Wildman–Crippen LogP) is 2.18. The average Bonchev–Trinajstić information content (AvgIpc) is 3.14. The molecule has 0 aromatic heterocycles. The lowest BCUT2D eigenvalue weighted by Crippen LogP contribution is -2.43. The lowest BCUT2D eigenvalue weighted by molar-refractivity contribution is -0.124. The number of halogens is 1. The molecule has 2 aliphatic rings. The highest BCUT2D eigenvalue weighted by atomic mass is 35.5. The highest BCUT2D eigenvalue weighted by molar-refractivity contribution is 6.30. The van der Waals surface area contributed by atoms with E-state index in [0.29, 0.717) is 23.4 Å². The van der Waals surface area contributed by atoms with Gasteiger partial charge in [0, 0.05) is 5.02 Å². The second-order valence-corrected chi connectivity index (χ2v) is 5.49. The van der Waals surface area contributed by atoms with Crippen molar-refractivity contribution in [3.63, 3.8) is 0 Å². The van der Waals surface area contributed by atoms with Crippen molar-refractivity contribution in [3.8, 4) is 0 Å². The van der Waals surface area contributed by atoms with E-state index in [4.69, 9.17) is 11.6 Å². The first-order valence-corrected chi connectivity index (χ1v) is 6.95. The summed E-state index contributed by atoms with van der Waals surface area (Å²) in [5.41, 5.74) is 0.191. The molecule has 1 aromatic rings. The number of amides is 1. The van der Waals surface area contributed by atoms with Crippen molar-refractivity contribution in [1.29, 1.82) is 0 Å². The molecule has 19 heavy (non-hydrogen) atoms. The van der Waals surface area contributed by atoms with Crippen LogP contribution in [0.4, 0.5) is 0 Å². The highest BCUT2D eigenvalue weighted by Gasteiger charge is 2.45. The van der Waals surface area contributed by atoms with Crippen LogP contribution >= 0.6 is 11.6 Å². The number of carbonyl (C=O) groups is 1. The van der Waals surface area contributed by atoms with Crippen LogP contribution in [0.1, 0.15) is 31.7 Å². The molecule has 1 atom stereocenters. The van der Waals surface area contributed by atoms with E-state index in [1.54, 1.807) is 12.1 Å². The van der Waals surface area contributed by atoms with Gasteiger partial charge in [-0.15, -0.1) is 0 Å². The molecule has 1 aliphatic carbocycles. The number of carbonyl (C=O) groups excluding carboxylic acids is 1. The number of rotatable bonds is 3. The fourth-order valence-corrected chi connectivity index (χ4v) is 2.47. The Kier molecular flexibility index (Phi) is 2.97. The zero-order valence-electron chi connectivity index (χ0n) is 10.7. The van der Waals surface area contributed by atoms with Gasteiger partial charge in [-0.25, -0.2) is 4.99 Å². The maximum absolute atomic E-state index is 12.3. The van der Waals surface area contributed by atoms with Crippen molar-refractivity contribution >= 4 is 23.5 Å². The minimum absolute atomic E-state index is 0.0447. The first-order valence-electron chi connectivity index (χ1n) is 6.57. The van der Waals surface area contributed by atoms with Crippen molar-refractivity contribution < 1.29 is 4.79 Å². The largest absolute Gasteiger partial charge is 0.338 e. The molecule has 1 saturated heterocycles. The first-order chi connectivity index (χ1) is 9.14. The van der Waals surface area contributed by atoms with Crippen LogP contribution in [-0.2, 0) is 10.3 Å². The third-order valence-electron chi connectivity index (χ3n) is 3.68. The highest BCUT2D eigenvalue weighted by Crippen LogP contribution is 2.30. The van der Waals surface area contributed by atoms with Crippen LogP contribution in [0.15, 0.2) is 29.3 Å². The Morgan fingerprint density at radius 1 is 1.37 bits per heavy atom. The molecule has 1 unspecified atom stereocenters. The third-order valence-corrected chi connectivity index (χ3v) is 3.93. The molecule has 5 heteroatoms. The van der Waals surface area contributed by atoms with Gasteiger partial charge in [0.25, 0.3) is 5.91 Å². The molecule has 1 heterocycles. The molecule has 1 amide bonds. The summed E-state index contributed by atoms with van der Waals surface area (Å²) in [7, 11) is 0. The van der Waals surface area contributed by atoms with E-state index >= 15 is 0 Å². The quantitative estimate of drug-likeness (QED) is 0.890. The van der Waals surface area contributed by atoms with E-state index in [1.807, 2.05) is 19.1 Å². The van der Waals surface area contributed by atoms with Gasteiger partial charge in [0.2, 0.25) is 0 Å². The van der Waals surface area contributed by atoms with Gasteiger partial charge in [-0.05, 0) is 37.0 Å². The summed E-state index contributed by atoms with van der Waals surface area (Å²) < 4.78 is 0. The molecule has 1 saturated carbocycles. The van der Waals surface area contributed by atoms with Crippen LogP contribution < -0.4 is 10.6 Å². The standard InChI is InChI=1S/C14H16ClN3O/c1-2-14(9-3-5-10(15)6-4-9)12(19)17-13(18-14)16-11-7-8-11/h3-6,11H,2,7-8H2,1H3,(H2,16,17,18,19). The van der Waals surface area contributed by atoms with Gasteiger partial charge in [-0.2, -0.15) is 0 Å². The molecule has 1 aromatic carbocycles. The minimum Gasteiger partial charge on any atom is -0.338 e. The Morgan fingerprint density at radius 2 is 2.05 bits per heavy atom. The number of guanidine groups is 1. The molecule has 3 rings (SSSR count). The predicted molar refractivity (Wildman–Crippen MR) is 75.2 cm³/mol. The van der Waals surface area contributed by atoms with Crippen molar-refractivity contribution in [2.75, 3.05) is 0 Å². The van der Waals surface area contributed by atoms with Crippen LogP contribution in [0.3, 0.4) is 0 Å². The van der Waals surface area contributed by atoms with Gasteiger partial charge in [-0.3, -0.25) is 10.1 Å². The van der Waals surface area contributed by atoms with Crippen molar-refractivity contribution in [2.24, 2.45) is 4.99 Å². The Bertz CT molecular complexity index is 536. The summed E-state index contributed by atoms with van der Waals surface area (Å²) in [6.07, 6.45) is 2.88. The third kappa shape index (κ3) is 2.21. The number of hydrogen-bond donors (Lipinski definition) is 2. The van der Waals surface area contributed by atoms with Gasteiger partial charge >= 0.3 is 0 Å². The summed E-state index contributed by atoms with van der Waals surface area (Å²) in [5, 5.41) is 6.77. The molecule has 2 N–H and O–H groups in total. The molecule has 100 valence electrons. The Morgan fingerprint density at radius 3 is 2.63 bits per heavy atom. The van der Waals surface area contributed by atoms with E-state index < -0.39 is 5.54 Å². The van der Waals surface area contributed by atoms with E-state index in [1.165, 1.54) is 0 Å². The van der Waals surface area contributed by atoms with Crippen LogP contribution in [0.2, 0.25) is 5.02 Å². The summed E-state index contributed by atoms with van der Waals surface area (Å²) in [4.78, 5) is 16.8. The molecule has 1 aliphatic heterocycles. The number of nitrogens with one attached hydrogen (secondary N) is 2. The fourth-order valence-electron chi connectivity index (χ4n) is 2.35. The first kappa shape index (κ1) is 12.5. The smallest absolute Gasteiger partial charge is 0.257 e. The Labute approximate surface area is 117 Å². The van der Waals surface area contributed by atoms with E-state index in [9.17, 15) is 4.79 Å². The molecule has 4 nitrogen and oxygen atoms in total. The van der Waals surface area contributed by atoms with Gasteiger partial charge in [0.15, 0.2) is 5.96 Å². The number of benzene rings is 1. The molecule has 2 fully saturated rings. The summed E-state index contributed by atoms with van der Waals surface area (Å²) in [6.45, 7) is 1.99. The molecule has 0 spiro atoms. The normalized spacial score (nSPS) is 28.3. The van der Waals surface area contributed by atoms with Crippen molar-refractivity contribution in [3.05, 3.63) is 34.9 Å². The van der Waals surface area contributed by atoms with Gasteiger partial charge in [-0.1, -0.05) is 30.7 Å². The van der Waals surface area contributed by atoms with Crippen molar-refractivity contribution in [1.82, 2.24) is 10.6 Å². The maximum Gasteiger partial charge on any atom is 0.257 e. The summed E-state index contributed by atoms with van der Waals surface area (Å²) >= 11 is 5.90.